The predicted octanol–water partition coefficient (Wildman–Crippen LogP) is -0.882. The van der Waals surface area contributed by atoms with Crippen LogP contribution in [0.5, 0.6) is 0 Å². The van der Waals surface area contributed by atoms with Gasteiger partial charge in [0.2, 0.25) is 0 Å². The van der Waals surface area contributed by atoms with Crippen LogP contribution in [-0.2, 0) is 27.7 Å². The van der Waals surface area contributed by atoms with E-state index in [0.29, 0.717) is 0 Å². The van der Waals surface area contributed by atoms with Crippen LogP contribution < -0.4 is 0 Å². The molecule has 4 nitrogen and oxygen atoms in total. The summed E-state index contributed by atoms with van der Waals surface area (Å²) in [6, 6.07) is 0. The van der Waals surface area contributed by atoms with E-state index in [1.54, 1.807) is 0 Å². The molecule has 0 spiro atoms. The Hall–Kier alpha value is 1.55. The standard InChI is InChI=1S/ClH.Mg.H2O4S.Zn.2H/c;;1-5(2,3)4;;;/h1H;;(H2,1,2,3,4);;;/q;;;+1;;/p-1. The quantitative estimate of drug-likeness (QED) is 0.414. The molecule has 8 heavy (non-hydrogen) atoms. The zero-order valence-electron chi connectivity index (χ0n) is 3.20. The molecule has 0 aliphatic carbocycles. The molecule has 0 saturated carbocycles. The largest absolute Gasteiger partial charge is 0.316 e. The molecule has 45 valence electrons. The van der Waals surface area contributed by atoms with Crippen molar-refractivity contribution >= 4 is 43.1 Å². The average molecular weight is 225 g/mol. The van der Waals surface area contributed by atoms with Crippen LogP contribution in [0.1, 0.15) is 0 Å². The Bertz CT molecular complexity index is 99.2. The molecule has 0 atom stereocenters. The molecule has 0 aromatic rings. The van der Waals surface area contributed by atoms with Gasteiger partial charge in [-0.05, 0) is 0 Å². The number of hydrogen-bond acceptors (Lipinski definition) is 2. The summed E-state index contributed by atoms with van der Waals surface area (Å²) in [4.78, 5) is 0. The number of halogens is 1. The third-order valence-corrected chi connectivity index (χ3v) is 0. The Morgan fingerprint density at radius 2 is 1.25 bits per heavy atom. The Morgan fingerprint density at radius 1 is 1.25 bits per heavy atom. The Labute approximate surface area is 77.4 Å². The summed E-state index contributed by atoms with van der Waals surface area (Å²) >= 11 is 0.847. The minimum atomic E-state index is -4.67. The van der Waals surface area contributed by atoms with Crippen molar-refractivity contribution in [2.24, 2.45) is 0 Å². The van der Waals surface area contributed by atoms with Crippen LogP contribution in [0.4, 0.5) is 0 Å². The zero-order chi connectivity index (χ0) is 6.50. The Morgan fingerprint density at radius 3 is 1.25 bits per heavy atom. The van der Waals surface area contributed by atoms with Crippen molar-refractivity contribution in [3.05, 3.63) is 0 Å². The van der Waals surface area contributed by atoms with E-state index in [1.807, 2.05) is 0 Å². The summed E-state index contributed by atoms with van der Waals surface area (Å²) in [6.07, 6.45) is 0. The summed E-state index contributed by atoms with van der Waals surface area (Å²) in [5.74, 6) is 0. The molecule has 0 amide bonds. The molecule has 8 heteroatoms. The van der Waals surface area contributed by atoms with Crippen molar-refractivity contribution in [3.8, 4) is 0 Å². The maximum atomic E-state index is 8.74. The third-order valence-electron chi connectivity index (χ3n) is 0. The van der Waals surface area contributed by atoms with E-state index in [-0.39, 0.29) is 23.1 Å². The van der Waals surface area contributed by atoms with Crippen molar-refractivity contribution in [2.45, 2.75) is 0 Å². The second kappa shape index (κ2) is 8.55. The monoisotopic (exact) mass is 223 g/mol. The fraction of sp³-hybridized carbons (Fsp3) is 0. The first-order chi connectivity index (χ1) is 3.00. The van der Waals surface area contributed by atoms with Gasteiger partial charge in [0.15, 0.2) is 0 Å². The molecule has 0 unspecified atom stereocenters. The summed E-state index contributed by atoms with van der Waals surface area (Å²) in [5, 5.41) is 0. The third kappa shape index (κ3) is 135. The molecular formula is H4ClMgO4SZn. The van der Waals surface area contributed by atoms with Crippen molar-refractivity contribution in [2.75, 3.05) is 0 Å². The minimum Gasteiger partial charge on any atom is 0.316 e. The van der Waals surface area contributed by atoms with E-state index in [2.05, 4.69) is 0 Å². The molecule has 0 bridgehead atoms. The first kappa shape index (κ1) is 16.3. The summed E-state index contributed by atoms with van der Waals surface area (Å²) in [7, 11) is 0.0972. The van der Waals surface area contributed by atoms with Crippen molar-refractivity contribution in [3.63, 3.8) is 0 Å². The maximum absolute atomic E-state index is 8.74. The van der Waals surface area contributed by atoms with Gasteiger partial charge in [-0.25, -0.2) is 0 Å². The topological polar surface area (TPSA) is 74.6 Å². The summed E-state index contributed by atoms with van der Waals surface area (Å²) < 4.78 is 31.6. The molecule has 0 heterocycles. The predicted molar refractivity (Wildman–Crippen MR) is 28.6 cm³/mol. The molecule has 2 N–H and O–H groups in total. The van der Waals surface area contributed by atoms with Crippen LogP contribution in [0.3, 0.4) is 0 Å². The van der Waals surface area contributed by atoms with Crippen LogP contribution in [-0.4, -0.2) is 40.6 Å². The molecule has 0 aliphatic heterocycles. The van der Waals surface area contributed by atoms with Gasteiger partial charge in [0.05, 0.1) is 0 Å². The van der Waals surface area contributed by atoms with Gasteiger partial charge in [0.1, 0.15) is 0 Å². The number of hydrogen-bond donors (Lipinski definition) is 2. The molecule has 0 radical (unpaired) electrons. The average Bonchev–Trinajstić information content (AvgIpc) is 1.36. The van der Waals surface area contributed by atoms with Gasteiger partial charge < -0.3 is 0 Å². The van der Waals surface area contributed by atoms with Crippen LogP contribution in [0, 0.1) is 0 Å². The Balaban J connectivity index is -0.0000000750. The van der Waals surface area contributed by atoms with Crippen molar-refractivity contribution in [1.82, 2.24) is 0 Å². The minimum absolute atomic E-state index is 0. The van der Waals surface area contributed by atoms with Gasteiger partial charge in [-0.15, -0.1) is 0 Å². The van der Waals surface area contributed by atoms with E-state index >= 15 is 0 Å². The van der Waals surface area contributed by atoms with E-state index in [1.165, 1.54) is 0 Å². The molecule has 0 aromatic heterocycles. The summed E-state index contributed by atoms with van der Waals surface area (Å²) in [6.45, 7) is 0. The molecular weight excluding hydrogens is 221 g/mol. The van der Waals surface area contributed by atoms with Crippen LogP contribution >= 0.6 is 9.69 Å². The molecule has 0 fully saturated rings. The van der Waals surface area contributed by atoms with Gasteiger partial charge >= 0.3 is 60.5 Å². The maximum Gasteiger partial charge on any atom is 0.316 e. The fourth-order valence-electron chi connectivity index (χ4n) is 0. The van der Waals surface area contributed by atoms with Crippen molar-refractivity contribution < 1.29 is 34.8 Å². The van der Waals surface area contributed by atoms with Crippen LogP contribution in [0.2, 0.25) is 0 Å². The van der Waals surface area contributed by atoms with Gasteiger partial charge in [-0.3, -0.25) is 9.11 Å². The zero-order valence-corrected chi connectivity index (χ0v) is 7.74. The molecule has 0 saturated heterocycles. The summed E-state index contributed by atoms with van der Waals surface area (Å²) in [5.41, 5.74) is 0. The van der Waals surface area contributed by atoms with Gasteiger partial charge in [-0.2, -0.15) is 8.42 Å². The van der Waals surface area contributed by atoms with Gasteiger partial charge in [0, 0.05) is 0 Å². The number of rotatable bonds is 0. The van der Waals surface area contributed by atoms with E-state index in [4.69, 9.17) is 27.2 Å². The second-order valence-electron chi connectivity index (χ2n) is 0.448. The molecule has 0 aromatic carbocycles. The SMILES string of the molecule is O=S(=O)(O)O.[Cl][Zn].[MgH2]. The van der Waals surface area contributed by atoms with Gasteiger partial charge in [-0.1, -0.05) is 0 Å². The smallest absolute Gasteiger partial charge is 0.316 e. The fourth-order valence-corrected chi connectivity index (χ4v) is 0. The molecule has 0 aliphatic rings. The first-order valence-electron chi connectivity index (χ1n) is 0.966. The van der Waals surface area contributed by atoms with E-state index < -0.39 is 10.4 Å². The van der Waals surface area contributed by atoms with Crippen LogP contribution in [0.25, 0.3) is 0 Å². The normalized spacial score (nSPS) is 8.12. The van der Waals surface area contributed by atoms with Crippen LogP contribution in [0.15, 0.2) is 0 Å². The second-order valence-corrected chi connectivity index (χ2v) is 1.34. The van der Waals surface area contributed by atoms with E-state index in [0.717, 1.165) is 17.3 Å². The van der Waals surface area contributed by atoms with Gasteiger partial charge in [0.25, 0.3) is 0 Å². The first-order valence-corrected chi connectivity index (χ1v) is 6.26. The molecule has 0 rings (SSSR count). The van der Waals surface area contributed by atoms with Crippen molar-refractivity contribution in [1.29, 1.82) is 0 Å². The van der Waals surface area contributed by atoms with E-state index in [9.17, 15) is 0 Å². The Kier molecular flexibility index (Phi) is 17.4.